The quantitative estimate of drug-likeness (QED) is 0.299. The highest BCUT2D eigenvalue weighted by atomic mass is 19.1. The van der Waals surface area contributed by atoms with Gasteiger partial charge in [0.1, 0.15) is 34.8 Å². The van der Waals surface area contributed by atoms with Gasteiger partial charge < -0.3 is 9.30 Å². The van der Waals surface area contributed by atoms with E-state index in [9.17, 15) is 23.2 Å². The zero-order chi connectivity index (χ0) is 25.2. The van der Waals surface area contributed by atoms with Crippen LogP contribution in [0.25, 0.3) is 22.0 Å². The number of ether oxygens (including phenoxy) is 1. The summed E-state index contributed by atoms with van der Waals surface area (Å²) in [7, 11) is 0. The second kappa shape index (κ2) is 9.39. The number of pyridine rings is 2. The van der Waals surface area contributed by atoms with Gasteiger partial charge in [0.05, 0.1) is 17.6 Å². The van der Waals surface area contributed by atoms with Crippen LogP contribution >= 0.6 is 0 Å². The van der Waals surface area contributed by atoms with Gasteiger partial charge in [0, 0.05) is 17.8 Å². The van der Waals surface area contributed by atoms with Crippen molar-refractivity contribution < 1.29 is 17.9 Å². The number of nitriles is 1. The predicted octanol–water partition coefficient (Wildman–Crippen LogP) is 6.19. The van der Waals surface area contributed by atoms with Crippen LogP contribution < -0.4 is 10.3 Å². The van der Waals surface area contributed by atoms with Crippen LogP contribution in [-0.4, -0.2) is 9.55 Å². The summed E-state index contributed by atoms with van der Waals surface area (Å²) in [6.07, 6.45) is 1.51. The van der Waals surface area contributed by atoms with Gasteiger partial charge in [-0.05, 0) is 71.6 Å². The van der Waals surface area contributed by atoms with Gasteiger partial charge in [-0.1, -0.05) is 12.1 Å². The van der Waals surface area contributed by atoms with E-state index in [0.717, 1.165) is 18.2 Å². The molecule has 2 aromatic heterocycles. The van der Waals surface area contributed by atoms with E-state index in [1.165, 1.54) is 29.0 Å². The number of benzene rings is 3. The van der Waals surface area contributed by atoms with E-state index in [1.54, 1.807) is 42.5 Å². The molecule has 0 fully saturated rings. The third-order valence-corrected chi connectivity index (χ3v) is 5.67. The van der Waals surface area contributed by atoms with Crippen molar-refractivity contribution in [3.63, 3.8) is 0 Å². The first-order valence-electron chi connectivity index (χ1n) is 10.8. The van der Waals surface area contributed by atoms with Crippen molar-refractivity contribution in [2.45, 2.75) is 6.54 Å². The van der Waals surface area contributed by atoms with Crippen molar-refractivity contribution >= 4 is 10.8 Å². The van der Waals surface area contributed by atoms with E-state index in [-0.39, 0.29) is 28.9 Å². The summed E-state index contributed by atoms with van der Waals surface area (Å²) in [5.74, 6) is -1.52. The number of aromatic nitrogens is 2. The molecule has 0 aliphatic carbocycles. The summed E-state index contributed by atoms with van der Waals surface area (Å²) in [6, 6.07) is 20.7. The molecule has 0 spiro atoms. The maximum atomic E-state index is 14.4. The van der Waals surface area contributed by atoms with Gasteiger partial charge in [-0.3, -0.25) is 4.79 Å². The Morgan fingerprint density at radius 1 is 0.917 bits per heavy atom. The second-order valence-corrected chi connectivity index (χ2v) is 7.98. The molecule has 0 aliphatic rings. The minimum Gasteiger partial charge on any atom is -0.438 e. The lowest BCUT2D eigenvalue weighted by molar-refractivity contribution is 0.461. The first-order valence-corrected chi connectivity index (χ1v) is 10.8. The second-order valence-electron chi connectivity index (χ2n) is 7.98. The lowest BCUT2D eigenvalue weighted by Gasteiger charge is -2.16. The van der Waals surface area contributed by atoms with Crippen molar-refractivity contribution in [2.75, 3.05) is 0 Å². The minimum atomic E-state index is -0.792. The van der Waals surface area contributed by atoms with Crippen molar-refractivity contribution in [1.82, 2.24) is 9.55 Å². The largest absolute Gasteiger partial charge is 0.438 e. The van der Waals surface area contributed by atoms with Crippen LogP contribution in [0.15, 0.2) is 89.9 Å². The molecule has 0 amide bonds. The molecular weight excluding hydrogens is 467 g/mol. The van der Waals surface area contributed by atoms with E-state index in [4.69, 9.17) is 4.74 Å². The SMILES string of the molecule is N#Cc1cccnc1Oc1ccc(-c2cc3ccc(F)cc3c(=O)n2Cc2ccc(F)cc2F)cc1. The molecule has 0 N–H and O–H groups in total. The topological polar surface area (TPSA) is 67.9 Å². The number of fused-ring (bicyclic) bond motifs is 1. The summed E-state index contributed by atoms with van der Waals surface area (Å²) in [5, 5.41) is 9.88. The Morgan fingerprint density at radius 2 is 1.67 bits per heavy atom. The van der Waals surface area contributed by atoms with Crippen molar-refractivity contribution in [1.29, 1.82) is 5.26 Å². The minimum absolute atomic E-state index is 0.106. The lowest BCUT2D eigenvalue weighted by atomic mass is 10.1. The van der Waals surface area contributed by atoms with Gasteiger partial charge in [0.15, 0.2) is 0 Å². The van der Waals surface area contributed by atoms with Crippen LogP contribution in [0.4, 0.5) is 13.2 Å². The van der Waals surface area contributed by atoms with Gasteiger partial charge in [-0.2, -0.15) is 5.26 Å². The third kappa shape index (κ3) is 4.42. The molecule has 0 aliphatic heterocycles. The summed E-state index contributed by atoms with van der Waals surface area (Å²) in [5.41, 5.74) is 0.922. The molecule has 0 atom stereocenters. The van der Waals surface area contributed by atoms with Crippen LogP contribution in [0.1, 0.15) is 11.1 Å². The normalized spacial score (nSPS) is 10.8. The summed E-state index contributed by atoms with van der Waals surface area (Å²) >= 11 is 0. The van der Waals surface area contributed by atoms with E-state index >= 15 is 0 Å². The van der Waals surface area contributed by atoms with Crippen molar-refractivity contribution in [3.05, 3.63) is 124 Å². The molecular formula is C28H16F3N3O2. The molecule has 176 valence electrons. The standard InChI is InChI=1S/C28H16F3N3O2/c29-21-7-3-18-12-26(17-5-9-23(10-6-17)36-27-19(15-32)2-1-11-33-27)34(28(35)24(18)13-21)16-20-4-8-22(30)14-25(20)31/h1-14H,16H2. The highest BCUT2D eigenvalue weighted by molar-refractivity contribution is 5.85. The zero-order valence-corrected chi connectivity index (χ0v) is 18.6. The van der Waals surface area contributed by atoms with E-state index in [1.807, 2.05) is 6.07 Å². The highest BCUT2D eigenvalue weighted by Crippen LogP contribution is 2.28. The Hall–Kier alpha value is -4.90. The molecule has 0 saturated carbocycles. The van der Waals surface area contributed by atoms with Crippen molar-refractivity contribution in [3.8, 4) is 29.0 Å². The fourth-order valence-electron chi connectivity index (χ4n) is 3.90. The van der Waals surface area contributed by atoms with Gasteiger partial charge >= 0.3 is 0 Å². The first kappa shape index (κ1) is 22.9. The molecule has 0 radical (unpaired) electrons. The molecule has 0 unspecified atom stereocenters. The molecule has 0 bridgehead atoms. The Kier molecular flexibility index (Phi) is 5.97. The van der Waals surface area contributed by atoms with Gasteiger partial charge in [0.25, 0.3) is 5.56 Å². The molecule has 5 rings (SSSR count). The molecule has 5 aromatic rings. The Labute approximate surface area is 203 Å². The Balaban J connectivity index is 1.60. The van der Waals surface area contributed by atoms with E-state index < -0.39 is 23.0 Å². The molecule has 3 aromatic carbocycles. The molecule has 5 nitrogen and oxygen atoms in total. The van der Waals surface area contributed by atoms with Crippen LogP contribution in [0.2, 0.25) is 0 Å². The lowest BCUT2D eigenvalue weighted by Crippen LogP contribution is -2.23. The average Bonchev–Trinajstić information content (AvgIpc) is 2.88. The zero-order valence-electron chi connectivity index (χ0n) is 18.6. The molecule has 2 heterocycles. The molecule has 8 heteroatoms. The molecule has 36 heavy (non-hydrogen) atoms. The number of halogens is 3. The Bertz CT molecular complexity index is 1710. The first-order chi connectivity index (χ1) is 17.4. The van der Waals surface area contributed by atoms with E-state index in [2.05, 4.69) is 4.98 Å². The highest BCUT2D eigenvalue weighted by Gasteiger charge is 2.15. The number of hydrogen-bond acceptors (Lipinski definition) is 4. The van der Waals surface area contributed by atoms with Crippen LogP contribution in [0, 0.1) is 28.8 Å². The monoisotopic (exact) mass is 483 g/mol. The number of hydrogen-bond donors (Lipinski definition) is 0. The maximum Gasteiger partial charge on any atom is 0.259 e. The van der Waals surface area contributed by atoms with Gasteiger partial charge in [-0.25, -0.2) is 18.2 Å². The van der Waals surface area contributed by atoms with E-state index in [0.29, 0.717) is 22.4 Å². The fraction of sp³-hybridized carbons (Fsp3) is 0.0357. The van der Waals surface area contributed by atoms with Crippen LogP contribution in [0.5, 0.6) is 11.6 Å². The predicted molar refractivity (Wildman–Crippen MR) is 128 cm³/mol. The average molecular weight is 483 g/mol. The van der Waals surface area contributed by atoms with Gasteiger partial charge in [-0.15, -0.1) is 0 Å². The maximum absolute atomic E-state index is 14.4. The summed E-state index contributed by atoms with van der Waals surface area (Å²) in [6.45, 7) is -0.190. The fourth-order valence-corrected chi connectivity index (χ4v) is 3.90. The number of rotatable bonds is 5. The molecule has 0 saturated heterocycles. The van der Waals surface area contributed by atoms with Gasteiger partial charge in [0.2, 0.25) is 5.88 Å². The summed E-state index contributed by atoms with van der Waals surface area (Å²) in [4.78, 5) is 17.4. The Morgan fingerprint density at radius 3 is 2.42 bits per heavy atom. The number of nitrogens with zero attached hydrogens (tertiary/aromatic N) is 3. The van der Waals surface area contributed by atoms with Crippen molar-refractivity contribution in [2.24, 2.45) is 0 Å². The third-order valence-electron chi connectivity index (χ3n) is 5.67. The smallest absolute Gasteiger partial charge is 0.259 e. The van der Waals surface area contributed by atoms with Crippen LogP contribution in [-0.2, 0) is 6.54 Å². The van der Waals surface area contributed by atoms with Crippen LogP contribution in [0.3, 0.4) is 0 Å². The summed E-state index contributed by atoms with van der Waals surface area (Å²) < 4.78 is 48.8.